The zero-order valence-electron chi connectivity index (χ0n) is 6.04. The molecule has 0 amide bonds. The normalized spacial score (nSPS) is 10.4. The fraction of sp³-hybridized carbons (Fsp3) is 0. The Hall–Kier alpha value is -1.23. The van der Waals surface area contributed by atoms with Crippen molar-refractivity contribution in [2.45, 2.75) is 0 Å². The van der Waals surface area contributed by atoms with Gasteiger partial charge in [-0.05, 0) is 28.1 Å². The minimum atomic E-state index is 0.387. The van der Waals surface area contributed by atoms with Crippen LogP contribution in [0.15, 0.2) is 27.4 Å². The second kappa shape index (κ2) is 2.67. The Morgan fingerprint density at radius 3 is 2.83 bits per heavy atom. The number of hydrogen-bond donors (Lipinski definition) is 2. The largest absolute Gasteiger partial charge is 0.448 e. The molecule has 0 unspecified atom stereocenters. The first-order valence-electron chi connectivity index (χ1n) is 3.32. The number of nitrogen functional groups attached to an aromatic ring is 1. The van der Waals surface area contributed by atoms with Crippen LogP contribution in [0.4, 0.5) is 5.95 Å². The Labute approximate surface area is 76.9 Å². The van der Waals surface area contributed by atoms with E-state index in [0.29, 0.717) is 16.4 Å². The molecule has 0 fully saturated rings. The third kappa shape index (κ3) is 1.23. The summed E-state index contributed by atoms with van der Waals surface area (Å²) in [7, 11) is 0. The number of imidazole rings is 1. The lowest BCUT2D eigenvalue weighted by Crippen LogP contribution is -1.84. The number of anilines is 1. The van der Waals surface area contributed by atoms with Gasteiger partial charge in [0.15, 0.2) is 16.4 Å². The van der Waals surface area contributed by atoms with Crippen LogP contribution in [0, 0.1) is 0 Å². The SMILES string of the molecule is Nc1ncc(-c2ccc(Br)o2)[nH]1. The Morgan fingerprint density at radius 1 is 1.50 bits per heavy atom. The van der Waals surface area contributed by atoms with Crippen LogP contribution in [-0.4, -0.2) is 9.97 Å². The monoisotopic (exact) mass is 227 g/mol. The van der Waals surface area contributed by atoms with Gasteiger partial charge in [-0.1, -0.05) is 0 Å². The fourth-order valence-corrected chi connectivity index (χ4v) is 1.23. The van der Waals surface area contributed by atoms with E-state index in [0.717, 1.165) is 5.69 Å². The van der Waals surface area contributed by atoms with Gasteiger partial charge in [0.25, 0.3) is 0 Å². The van der Waals surface area contributed by atoms with E-state index in [2.05, 4.69) is 25.9 Å². The van der Waals surface area contributed by atoms with Crippen LogP contribution in [0.3, 0.4) is 0 Å². The van der Waals surface area contributed by atoms with Gasteiger partial charge in [0.2, 0.25) is 0 Å². The second-order valence-corrected chi connectivity index (χ2v) is 3.07. The number of hydrogen-bond acceptors (Lipinski definition) is 3. The highest BCUT2D eigenvalue weighted by molar-refractivity contribution is 9.10. The van der Waals surface area contributed by atoms with Gasteiger partial charge < -0.3 is 15.1 Å². The molecule has 2 aromatic rings. The Bertz CT molecular complexity index is 355. The molecule has 2 aromatic heterocycles. The van der Waals surface area contributed by atoms with Crippen molar-refractivity contribution in [1.29, 1.82) is 0 Å². The van der Waals surface area contributed by atoms with Gasteiger partial charge in [0.05, 0.1) is 6.20 Å². The number of rotatable bonds is 1. The predicted molar refractivity (Wildman–Crippen MR) is 48.4 cm³/mol. The van der Waals surface area contributed by atoms with Gasteiger partial charge in [-0.2, -0.15) is 0 Å². The quantitative estimate of drug-likeness (QED) is 0.784. The highest BCUT2D eigenvalue weighted by atomic mass is 79.9. The molecule has 0 aliphatic rings. The van der Waals surface area contributed by atoms with E-state index in [9.17, 15) is 0 Å². The van der Waals surface area contributed by atoms with Crippen LogP contribution >= 0.6 is 15.9 Å². The minimum absolute atomic E-state index is 0.387. The number of furan rings is 1. The first-order valence-corrected chi connectivity index (χ1v) is 4.11. The first kappa shape index (κ1) is 7.42. The summed E-state index contributed by atoms with van der Waals surface area (Å²) in [6.45, 7) is 0. The summed E-state index contributed by atoms with van der Waals surface area (Å²) < 4.78 is 5.96. The second-order valence-electron chi connectivity index (χ2n) is 2.29. The molecule has 0 atom stereocenters. The van der Waals surface area contributed by atoms with Crippen molar-refractivity contribution in [3.8, 4) is 11.5 Å². The van der Waals surface area contributed by atoms with Gasteiger partial charge in [-0.25, -0.2) is 4.98 Å². The molecule has 0 saturated heterocycles. The van der Waals surface area contributed by atoms with E-state index in [1.165, 1.54) is 0 Å². The molecule has 2 heterocycles. The van der Waals surface area contributed by atoms with Crippen molar-refractivity contribution in [3.05, 3.63) is 23.0 Å². The number of H-pyrrole nitrogens is 1. The summed E-state index contributed by atoms with van der Waals surface area (Å²) in [5.74, 6) is 1.10. The minimum Gasteiger partial charge on any atom is -0.448 e. The van der Waals surface area contributed by atoms with Crippen LogP contribution in [0.2, 0.25) is 0 Å². The van der Waals surface area contributed by atoms with Crippen LogP contribution in [0.25, 0.3) is 11.5 Å². The molecule has 5 heteroatoms. The summed E-state index contributed by atoms with van der Waals surface area (Å²) >= 11 is 3.20. The maximum absolute atomic E-state index is 5.40. The maximum atomic E-state index is 5.40. The maximum Gasteiger partial charge on any atom is 0.197 e. The molecule has 0 aliphatic heterocycles. The van der Waals surface area contributed by atoms with Gasteiger partial charge >= 0.3 is 0 Å². The summed E-state index contributed by atoms with van der Waals surface area (Å²) in [5.41, 5.74) is 6.18. The average molecular weight is 228 g/mol. The van der Waals surface area contributed by atoms with Crippen LogP contribution in [-0.2, 0) is 0 Å². The lowest BCUT2D eigenvalue weighted by atomic mass is 10.4. The molecule has 0 aromatic carbocycles. The van der Waals surface area contributed by atoms with E-state index >= 15 is 0 Å². The molecule has 4 nitrogen and oxygen atoms in total. The van der Waals surface area contributed by atoms with Gasteiger partial charge in [-0.15, -0.1) is 0 Å². The number of nitrogens with two attached hydrogens (primary N) is 1. The number of halogens is 1. The van der Waals surface area contributed by atoms with E-state index < -0.39 is 0 Å². The highest BCUT2D eigenvalue weighted by Crippen LogP contribution is 2.23. The third-order valence-corrected chi connectivity index (χ3v) is 1.86. The summed E-state index contributed by atoms with van der Waals surface area (Å²) in [6, 6.07) is 3.64. The van der Waals surface area contributed by atoms with Crippen molar-refractivity contribution in [3.63, 3.8) is 0 Å². The standard InChI is InChI=1S/C7H6BrN3O/c8-6-2-1-5(12-6)4-3-10-7(9)11-4/h1-3H,(H3,9,10,11). The predicted octanol–water partition coefficient (Wildman–Crippen LogP) is 2.01. The first-order chi connectivity index (χ1) is 5.75. The van der Waals surface area contributed by atoms with E-state index in [1.807, 2.05) is 12.1 Å². The van der Waals surface area contributed by atoms with Crippen molar-refractivity contribution in [1.82, 2.24) is 9.97 Å². The zero-order valence-corrected chi connectivity index (χ0v) is 7.63. The fourth-order valence-electron chi connectivity index (χ4n) is 0.921. The lowest BCUT2D eigenvalue weighted by Gasteiger charge is -1.87. The number of aromatic amines is 1. The topological polar surface area (TPSA) is 67.8 Å². The molecular weight excluding hydrogens is 222 g/mol. The number of nitrogens with one attached hydrogen (secondary N) is 1. The zero-order chi connectivity index (χ0) is 8.55. The molecule has 12 heavy (non-hydrogen) atoms. The molecule has 3 N–H and O–H groups in total. The molecule has 0 radical (unpaired) electrons. The molecule has 2 rings (SSSR count). The van der Waals surface area contributed by atoms with Crippen LogP contribution in [0.5, 0.6) is 0 Å². The summed E-state index contributed by atoms with van der Waals surface area (Å²) in [6.07, 6.45) is 1.63. The molecule has 0 aliphatic carbocycles. The van der Waals surface area contributed by atoms with E-state index in [4.69, 9.17) is 10.2 Å². The van der Waals surface area contributed by atoms with E-state index in [-0.39, 0.29) is 0 Å². The van der Waals surface area contributed by atoms with Crippen molar-refractivity contribution < 1.29 is 4.42 Å². The Kier molecular flexibility index (Phi) is 1.65. The molecule has 0 bridgehead atoms. The highest BCUT2D eigenvalue weighted by Gasteiger charge is 2.04. The van der Waals surface area contributed by atoms with Gasteiger partial charge in [-0.3, -0.25) is 0 Å². The van der Waals surface area contributed by atoms with Crippen molar-refractivity contribution in [2.75, 3.05) is 5.73 Å². The smallest absolute Gasteiger partial charge is 0.197 e. The van der Waals surface area contributed by atoms with Crippen LogP contribution in [0.1, 0.15) is 0 Å². The van der Waals surface area contributed by atoms with E-state index in [1.54, 1.807) is 6.20 Å². The average Bonchev–Trinajstić information content (AvgIpc) is 2.58. The Balaban J connectivity index is 2.43. The summed E-state index contributed by atoms with van der Waals surface area (Å²) in [4.78, 5) is 6.71. The van der Waals surface area contributed by atoms with Gasteiger partial charge in [0.1, 0.15) is 5.69 Å². The molecular formula is C7H6BrN3O. The molecule has 0 spiro atoms. The lowest BCUT2D eigenvalue weighted by molar-refractivity contribution is 0.554. The van der Waals surface area contributed by atoms with Crippen molar-refractivity contribution in [2.24, 2.45) is 0 Å². The third-order valence-electron chi connectivity index (χ3n) is 1.43. The number of aromatic nitrogens is 2. The Morgan fingerprint density at radius 2 is 2.33 bits per heavy atom. The van der Waals surface area contributed by atoms with Crippen LogP contribution < -0.4 is 5.73 Å². The van der Waals surface area contributed by atoms with Gasteiger partial charge in [0, 0.05) is 0 Å². The van der Waals surface area contributed by atoms with Crippen molar-refractivity contribution >= 4 is 21.9 Å². The summed E-state index contributed by atoms with van der Waals surface area (Å²) in [5, 5.41) is 0. The number of nitrogens with zero attached hydrogens (tertiary/aromatic N) is 1. The molecule has 62 valence electrons. The molecule has 0 saturated carbocycles.